The number of hydrogen-bond donors (Lipinski definition) is 1. The highest BCUT2D eigenvalue weighted by Gasteiger charge is 2.06. The molecule has 0 amide bonds. The van der Waals surface area contributed by atoms with E-state index in [2.05, 4.69) is 0 Å². The van der Waals surface area contributed by atoms with E-state index in [1.165, 1.54) is 29.2 Å². The SMILES string of the molecule is CSc1cc2sc(CO)cc2cc1F. The van der Waals surface area contributed by atoms with E-state index in [9.17, 15) is 4.39 Å². The van der Waals surface area contributed by atoms with E-state index in [4.69, 9.17) is 5.11 Å². The van der Waals surface area contributed by atoms with Crippen molar-refractivity contribution >= 4 is 33.2 Å². The summed E-state index contributed by atoms with van der Waals surface area (Å²) in [5.41, 5.74) is 0. The van der Waals surface area contributed by atoms with E-state index in [1.54, 1.807) is 0 Å². The Morgan fingerprint density at radius 1 is 1.43 bits per heavy atom. The maximum Gasteiger partial charge on any atom is 0.137 e. The van der Waals surface area contributed by atoms with Crippen molar-refractivity contribution in [2.75, 3.05) is 6.26 Å². The van der Waals surface area contributed by atoms with Crippen molar-refractivity contribution in [1.29, 1.82) is 0 Å². The van der Waals surface area contributed by atoms with E-state index in [0.717, 1.165) is 15.0 Å². The van der Waals surface area contributed by atoms with Gasteiger partial charge in [0.2, 0.25) is 0 Å². The van der Waals surface area contributed by atoms with Gasteiger partial charge in [-0.05, 0) is 29.8 Å². The number of aliphatic hydroxyl groups is 1. The van der Waals surface area contributed by atoms with Crippen LogP contribution in [0, 0.1) is 5.82 Å². The molecule has 74 valence electrons. The van der Waals surface area contributed by atoms with Gasteiger partial charge < -0.3 is 5.11 Å². The minimum Gasteiger partial charge on any atom is -0.391 e. The molecular formula is C10H9FOS2. The molecule has 0 saturated heterocycles. The summed E-state index contributed by atoms with van der Waals surface area (Å²) in [6, 6.07) is 5.18. The Morgan fingerprint density at radius 2 is 2.21 bits per heavy atom. The lowest BCUT2D eigenvalue weighted by molar-refractivity contribution is 0.285. The van der Waals surface area contributed by atoms with Crippen LogP contribution in [-0.2, 0) is 6.61 Å². The Hall–Kier alpha value is -0.580. The van der Waals surface area contributed by atoms with E-state index in [-0.39, 0.29) is 12.4 Å². The van der Waals surface area contributed by atoms with Gasteiger partial charge in [-0.25, -0.2) is 4.39 Å². The van der Waals surface area contributed by atoms with Crippen molar-refractivity contribution in [3.8, 4) is 0 Å². The van der Waals surface area contributed by atoms with Crippen LogP contribution in [0.3, 0.4) is 0 Å². The molecule has 0 bridgehead atoms. The van der Waals surface area contributed by atoms with Gasteiger partial charge >= 0.3 is 0 Å². The summed E-state index contributed by atoms with van der Waals surface area (Å²) in [4.78, 5) is 1.53. The van der Waals surface area contributed by atoms with Crippen LogP contribution in [-0.4, -0.2) is 11.4 Å². The maximum absolute atomic E-state index is 13.4. The average molecular weight is 228 g/mol. The Kier molecular flexibility index (Phi) is 2.76. The fourth-order valence-corrected chi connectivity index (χ4v) is 2.84. The molecule has 2 aromatic rings. The molecule has 14 heavy (non-hydrogen) atoms. The molecule has 1 nitrogen and oxygen atoms in total. The highest BCUT2D eigenvalue weighted by molar-refractivity contribution is 7.98. The largest absolute Gasteiger partial charge is 0.391 e. The number of thioether (sulfide) groups is 1. The topological polar surface area (TPSA) is 20.2 Å². The van der Waals surface area contributed by atoms with Crippen molar-refractivity contribution in [2.24, 2.45) is 0 Å². The lowest BCUT2D eigenvalue weighted by Gasteiger charge is -1.97. The Balaban J connectivity index is 2.64. The molecule has 0 saturated carbocycles. The summed E-state index contributed by atoms with van der Waals surface area (Å²) < 4.78 is 14.4. The summed E-state index contributed by atoms with van der Waals surface area (Å²) in [7, 11) is 0. The summed E-state index contributed by atoms with van der Waals surface area (Å²) >= 11 is 2.90. The average Bonchev–Trinajstić information content (AvgIpc) is 2.58. The molecule has 0 aliphatic carbocycles. The van der Waals surface area contributed by atoms with Crippen molar-refractivity contribution in [1.82, 2.24) is 0 Å². The van der Waals surface area contributed by atoms with Gasteiger partial charge in [-0.3, -0.25) is 0 Å². The van der Waals surface area contributed by atoms with Gasteiger partial charge in [0, 0.05) is 14.5 Å². The number of fused-ring (bicyclic) bond motifs is 1. The van der Waals surface area contributed by atoms with Crippen LogP contribution in [0.25, 0.3) is 10.1 Å². The zero-order valence-corrected chi connectivity index (χ0v) is 9.21. The second kappa shape index (κ2) is 3.88. The predicted molar refractivity (Wildman–Crippen MR) is 59.5 cm³/mol. The first-order valence-corrected chi connectivity index (χ1v) is 6.15. The number of rotatable bonds is 2. The zero-order valence-electron chi connectivity index (χ0n) is 7.58. The van der Waals surface area contributed by atoms with Crippen molar-refractivity contribution in [3.05, 3.63) is 28.9 Å². The summed E-state index contributed by atoms with van der Waals surface area (Å²) in [5, 5.41) is 9.82. The third-order valence-corrected chi connectivity index (χ3v) is 3.83. The van der Waals surface area contributed by atoms with Gasteiger partial charge in [-0.1, -0.05) is 0 Å². The highest BCUT2D eigenvalue weighted by Crippen LogP contribution is 2.31. The fraction of sp³-hybridized carbons (Fsp3) is 0.200. The Morgan fingerprint density at radius 3 is 2.86 bits per heavy atom. The standard InChI is InChI=1S/C10H9FOS2/c1-13-10-4-9-6(3-8(10)11)2-7(5-12)14-9/h2-4,12H,5H2,1H3. The quantitative estimate of drug-likeness (QED) is 0.796. The van der Waals surface area contributed by atoms with E-state index < -0.39 is 0 Å². The Bertz CT molecular complexity index is 464. The third kappa shape index (κ3) is 1.65. The molecular weight excluding hydrogens is 219 g/mol. The number of hydrogen-bond acceptors (Lipinski definition) is 3. The predicted octanol–water partition coefficient (Wildman–Crippen LogP) is 3.25. The summed E-state index contributed by atoms with van der Waals surface area (Å²) in [6.45, 7) is 0.0234. The van der Waals surface area contributed by atoms with Gasteiger partial charge in [-0.15, -0.1) is 23.1 Å². The first-order chi connectivity index (χ1) is 6.74. The molecule has 1 aromatic carbocycles. The Labute approximate surface area is 89.6 Å². The van der Waals surface area contributed by atoms with Crippen LogP contribution < -0.4 is 0 Å². The molecule has 0 aliphatic rings. The molecule has 4 heteroatoms. The molecule has 1 N–H and O–H groups in total. The molecule has 0 fully saturated rings. The number of aliphatic hydroxyl groups excluding tert-OH is 1. The van der Waals surface area contributed by atoms with Crippen LogP contribution in [0.15, 0.2) is 23.1 Å². The lowest BCUT2D eigenvalue weighted by Crippen LogP contribution is -1.78. The molecule has 1 heterocycles. The van der Waals surface area contributed by atoms with Crippen LogP contribution in [0.5, 0.6) is 0 Å². The summed E-state index contributed by atoms with van der Waals surface area (Å²) in [5.74, 6) is -0.188. The first kappa shape index (κ1) is 9.96. The van der Waals surface area contributed by atoms with E-state index in [0.29, 0.717) is 4.90 Å². The number of halogens is 1. The van der Waals surface area contributed by atoms with E-state index in [1.807, 2.05) is 18.4 Å². The maximum atomic E-state index is 13.4. The van der Waals surface area contributed by atoms with Crippen molar-refractivity contribution in [3.63, 3.8) is 0 Å². The third-order valence-electron chi connectivity index (χ3n) is 2.00. The van der Waals surface area contributed by atoms with Crippen LogP contribution in [0.1, 0.15) is 4.88 Å². The lowest BCUT2D eigenvalue weighted by atomic mass is 10.2. The highest BCUT2D eigenvalue weighted by atomic mass is 32.2. The molecule has 0 radical (unpaired) electrons. The zero-order chi connectivity index (χ0) is 10.1. The van der Waals surface area contributed by atoms with Crippen LogP contribution in [0.4, 0.5) is 4.39 Å². The molecule has 2 rings (SSSR count). The van der Waals surface area contributed by atoms with Crippen LogP contribution in [0.2, 0.25) is 0 Å². The van der Waals surface area contributed by atoms with Crippen molar-refractivity contribution < 1.29 is 9.50 Å². The van der Waals surface area contributed by atoms with E-state index >= 15 is 0 Å². The smallest absolute Gasteiger partial charge is 0.137 e. The van der Waals surface area contributed by atoms with Gasteiger partial charge in [0.05, 0.1) is 6.61 Å². The minimum absolute atomic E-state index is 0.0234. The molecule has 0 aliphatic heterocycles. The number of thiophene rings is 1. The first-order valence-electron chi connectivity index (χ1n) is 4.11. The van der Waals surface area contributed by atoms with Gasteiger partial charge in [-0.2, -0.15) is 0 Å². The fourth-order valence-electron chi connectivity index (χ4n) is 1.33. The monoisotopic (exact) mass is 228 g/mol. The molecule has 1 aromatic heterocycles. The number of benzene rings is 1. The van der Waals surface area contributed by atoms with Crippen LogP contribution >= 0.6 is 23.1 Å². The van der Waals surface area contributed by atoms with Crippen molar-refractivity contribution in [2.45, 2.75) is 11.5 Å². The van der Waals surface area contributed by atoms with Gasteiger partial charge in [0.25, 0.3) is 0 Å². The van der Waals surface area contributed by atoms with Gasteiger partial charge in [0.1, 0.15) is 5.82 Å². The normalized spacial score (nSPS) is 11.1. The summed E-state index contributed by atoms with van der Waals surface area (Å²) in [6.07, 6.45) is 1.85. The second-order valence-corrected chi connectivity index (χ2v) is 4.91. The minimum atomic E-state index is -0.188. The molecule has 0 spiro atoms. The molecule has 0 unspecified atom stereocenters. The molecule has 0 atom stereocenters. The van der Waals surface area contributed by atoms with Gasteiger partial charge in [0.15, 0.2) is 0 Å². The second-order valence-electron chi connectivity index (χ2n) is 2.90.